The van der Waals surface area contributed by atoms with Crippen molar-refractivity contribution >= 4 is 27.3 Å². The summed E-state index contributed by atoms with van der Waals surface area (Å²) >= 11 is 0. The minimum absolute atomic E-state index is 0.0105. The molecule has 0 spiro atoms. The van der Waals surface area contributed by atoms with E-state index in [2.05, 4.69) is 5.32 Å². The van der Waals surface area contributed by atoms with Crippen LogP contribution in [0, 0.1) is 10.1 Å². The maximum atomic E-state index is 13.2. The first-order valence-electron chi connectivity index (χ1n) is 10.5. The van der Waals surface area contributed by atoms with Gasteiger partial charge in [-0.05, 0) is 43.2 Å². The Morgan fingerprint density at radius 3 is 2.38 bits per heavy atom. The van der Waals surface area contributed by atoms with Crippen LogP contribution in [0.5, 0.6) is 5.75 Å². The third kappa shape index (κ3) is 5.08. The summed E-state index contributed by atoms with van der Waals surface area (Å²) in [5.74, 6) is -0.335. The van der Waals surface area contributed by atoms with Crippen molar-refractivity contribution in [2.24, 2.45) is 0 Å². The van der Waals surface area contributed by atoms with E-state index >= 15 is 0 Å². The molecule has 10 heteroatoms. The van der Waals surface area contributed by atoms with Gasteiger partial charge in [-0.2, -0.15) is 4.31 Å². The molecule has 0 bridgehead atoms. The number of nitrogens with zero attached hydrogens (tertiary/aromatic N) is 2. The Bertz CT molecular complexity index is 1080. The Kier molecular flexibility index (Phi) is 7.47. The lowest BCUT2D eigenvalue weighted by atomic mass is 9.95. The van der Waals surface area contributed by atoms with Crippen molar-refractivity contribution in [1.82, 2.24) is 4.31 Å². The molecule has 1 aliphatic carbocycles. The summed E-state index contributed by atoms with van der Waals surface area (Å²) in [5.41, 5.74) is 0.368. The van der Waals surface area contributed by atoms with Crippen LogP contribution in [-0.4, -0.2) is 43.2 Å². The molecule has 172 valence electrons. The second-order valence-corrected chi connectivity index (χ2v) is 9.51. The van der Waals surface area contributed by atoms with Crippen LogP contribution in [0.3, 0.4) is 0 Å². The van der Waals surface area contributed by atoms with Crippen LogP contribution in [0.25, 0.3) is 0 Å². The van der Waals surface area contributed by atoms with Gasteiger partial charge in [0.1, 0.15) is 5.75 Å². The molecule has 1 fully saturated rings. The van der Waals surface area contributed by atoms with E-state index in [0.29, 0.717) is 6.54 Å². The zero-order valence-electron chi connectivity index (χ0n) is 18.1. The maximum absolute atomic E-state index is 13.2. The van der Waals surface area contributed by atoms with Gasteiger partial charge in [-0.25, -0.2) is 8.42 Å². The van der Waals surface area contributed by atoms with Crippen LogP contribution < -0.4 is 10.1 Å². The second kappa shape index (κ2) is 10.1. The number of carbonyl (C=O) groups excluding carboxylic acids is 1. The standard InChI is InChI=1S/C22H27N3O6S/c1-3-24(17-7-5-4-6-8-17)32(29,30)19-12-9-16(10-13-19)22(26)23-20-14-11-18(25(27)28)15-21(20)31-2/h9-15,17H,3-8H2,1-2H3,(H,23,26). The largest absolute Gasteiger partial charge is 0.494 e. The van der Waals surface area contributed by atoms with Crippen molar-refractivity contribution in [2.75, 3.05) is 19.0 Å². The van der Waals surface area contributed by atoms with Gasteiger partial charge < -0.3 is 10.1 Å². The number of carbonyl (C=O) groups is 1. The van der Waals surface area contributed by atoms with E-state index in [9.17, 15) is 23.3 Å². The van der Waals surface area contributed by atoms with Crippen LogP contribution in [-0.2, 0) is 10.0 Å². The molecule has 0 radical (unpaired) electrons. The first kappa shape index (κ1) is 23.7. The Morgan fingerprint density at radius 1 is 1.16 bits per heavy atom. The molecular weight excluding hydrogens is 434 g/mol. The molecule has 0 aliphatic heterocycles. The molecule has 3 rings (SSSR count). The predicted molar refractivity (Wildman–Crippen MR) is 120 cm³/mol. The number of nitro benzene ring substituents is 1. The third-order valence-corrected chi connectivity index (χ3v) is 7.70. The number of nitro groups is 1. The van der Waals surface area contributed by atoms with Gasteiger partial charge in [0.05, 0.1) is 28.7 Å². The molecule has 0 unspecified atom stereocenters. The van der Waals surface area contributed by atoms with Gasteiger partial charge in [0.15, 0.2) is 0 Å². The zero-order valence-corrected chi connectivity index (χ0v) is 18.9. The number of nitrogens with one attached hydrogen (secondary N) is 1. The van der Waals surface area contributed by atoms with Crippen LogP contribution >= 0.6 is 0 Å². The molecular formula is C22H27N3O6S. The minimum Gasteiger partial charge on any atom is -0.494 e. The van der Waals surface area contributed by atoms with Crippen molar-refractivity contribution in [3.05, 3.63) is 58.1 Å². The summed E-state index contributed by atoms with van der Waals surface area (Å²) < 4.78 is 33.0. The van der Waals surface area contributed by atoms with Gasteiger partial charge in [0.25, 0.3) is 11.6 Å². The highest BCUT2D eigenvalue weighted by molar-refractivity contribution is 7.89. The number of anilines is 1. The number of rotatable bonds is 8. The monoisotopic (exact) mass is 461 g/mol. The van der Waals surface area contributed by atoms with E-state index in [1.54, 1.807) is 4.31 Å². The summed E-state index contributed by atoms with van der Waals surface area (Å²) in [7, 11) is -2.31. The lowest BCUT2D eigenvalue weighted by Gasteiger charge is -2.32. The number of non-ortho nitro benzene ring substituents is 1. The Labute approximate surface area is 187 Å². The van der Waals surface area contributed by atoms with Crippen molar-refractivity contribution in [2.45, 2.75) is 50.0 Å². The molecule has 32 heavy (non-hydrogen) atoms. The number of sulfonamides is 1. The number of amides is 1. The smallest absolute Gasteiger partial charge is 0.273 e. The van der Waals surface area contributed by atoms with Gasteiger partial charge in [-0.3, -0.25) is 14.9 Å². The van der Waals surface area contributed by atoms with Crippen LogP contribution in [0.4, 0.5) is 11.4 Å². The number of benzene rings is 2. The van der Waals surface area contributed by atoms with Crippen molar-refractivity contribution < 1.29 is 22.9 Å². The molecule has 2 aromatic rings. The number of ether oxygens (including phenoxy) is 1. The van der Waals surface area contributed by atoms with E-state index in [1.165, 1.54) is 49.6 Å². The third-order valence-electron chi connectivity index (χ3n) is 5.66. The quantitative estimate of drug-likeness (QED) is 0.465. The van der Waals surface area contributed by atoms with Gasteiger partial charge in [0, 0.05) is 24.2 Å². The van der Waals surface area contributed by atoms with Crippen LogP contribution in [0.1, 0.15) is 49.4 Å². The number of hydrogen-bond donors (Lipinski definition) is 1. The zero-order chi connectivity index (χ0) is 23.3. The highest BCUT2D eigenvalue weighted by Gasteiger charge is 2.31. The summed E-state index contributed by atoms with van der Waals surface area (Å²) in [6, 6.07) is 9.65. The highest BCUT2D eigenvalue weighted by Crippen LogP contribution is 2.30. The molecule has 2 aromatic carbocycles. The van der Waals surface area contributed by atoms with E-state index in [1.807, 2.05) is 6.92 Å². The van der Waals surface area contributed by atoms with E-state index < -0.39 is 20.9 Å². The fourth-order valence-electron chi connectivity index (χ4n) is 4.00. The first-order chi connectivity index (χ1) is 15.3. The fourth-order valence-corrected chi connectivity index (χ4v) is 5.69. The van der Waals surface area contributed by atoms with Crippen molar-refractivity contribution in [3.63, 3.8) is 0 Å². The predicted octanol–water partition coefficient (Wildman–Crippen LogP) is 4.20. The molecule has 0 atom stereocenters. The topological polar surface area (TPSA) is 119 Å². The first-order valence-corrected chi connectivity index (χ1v) is 12.0. The van der Waals surface area contributed by atoms with Crippen LogP contribution in [0.15, 0.2) is 47.4 Å². The fraction of sp³-hybridized carbons (Fsp3) is 0.409. The summed E-state index contributed by atoms with van der Waals surface area (Å²) in [6.45, 7) is 2.24. The molecule has 1 amide bonds. The summed E-state index contributed by atoms with van der Waals surface area (Å²) in [4.78, 5) is 23.1. The Hall–Kier alpha value is -2.98. The molecule has 1 N–H and O–H groups in total. The maximum Gasteiger partial charge on any atom is 0.273 e. The van der Waals surface area contributed by atoms with E-state index in [0.717, 1.165) is 32.1 Å². The van der Waals surface area contributed by atoms with Crippen molar-refractivity contribution in [3.8, 4) is 5.75 Å². The van der Waals surface area contributed by atoms with Crippen molar-refractivity contribution in [1.29, 1.82) is 0 Å². The minimum atomic E-state index is -3.66. The number of hydrogen-bond acceptors (Lipinski definition) is 6. The van der Waals surface area contributed by atoms with Gasteiger partial charge in [0.2, 0.25) is 10.0 Å². The molecule has 0 heterocycles. The summed E-state index contributed by atoms with van der Waals surface area (Å²) in [6.07, 6.45) is 4.93. The Balaban J connectivity index is 1.77. The Morgan fingerprint density at radius 2 is 1.81 bits per heavy atom. The van der Waals surface area contributed by atoms with E-state index in [4.69, 9.17) is 4.74 Å². The number of methoxy groups -OCH3 is 1. The average molecular weight is 462 g/mol. The van der Waals surface area contributed by atoms with Gasteiger partial charge in [-0.15, -0.1) is 0 Å². The highest BCUT2D eigenvalue weighted by atomic mass is 32.2. The summed E-state index contributed by atoms with van der Waals surface area (Å²) in [5, 5.41) is 13.6. The molecule has 1 aliphatic rings. The molecule has 9 nitrogen and oxygen atoms in total. The molecule has 0 saturated heterocycles. The van der Waals surface area contributed by atoms with E-state index in [-0.39, 0.29) is 33.6 Å². The lowest BCUT2D eigenvalue weighted by molar-refractivity contribution is -0.384. The molecule has 0 aromatic heterocycles. The lowest BCUT2D eigenvalue weighted by Crippen LogP contribution is -2.41. The molecule has 1 saturated carbocycles. The SMILES string of the molecule is CCN(C1CCCCC1)S(=O)(=O)c1ccc(C(=O)Nc2ccc([N+](=O)[O-])cc2OC)cc1. The van der Waals surface area contributed by atoms with Gasteiger partial charge in [-0.1, -0.05) is 26.2 Å². The average Bonchev–Trinajstić information content (AvgIpc) is 2.80. The van der Waals surface area contributed by atoms with Crippen LogP contribution in [0.2, 0.25) is 0 Å². The van der Waals surface area contributed by atoms with Gasteiger partial charge >= 0.3 is 0 Å². The normalized spacial score (nSPS) is 14.8. The second-order valence-electron chi connectivity index (χ2n) is 7.62.